The van der Waals surface area contributed by atoms with Crippen molar-refractivity contribution in [2.75, 3.05) is 13.2 Å². The van der Waals surface area contributed by atoms with Crippen LogP contribution in [0.1, 0.15) is 11.7 Å². The highest BCUT2D eigenvalue weighted by Crippen LogP contribution is 2.28. The molecule has 1 heterocycles. The summed E-state index contributed by atoms with van der Waals surface area (Å²) in [6, 6.07) is 5.17. The summed E-state index contributed by atoms with van der Waals surface area (Å²) in [6.45, 7) is 7.42. The lowest BCUT2D eigenvalue weighted by atomic mass is 10.0. The van der Waals surface area contributed by atoms with Crippen molar-refractivity contribution in [3.63, 3.8) is 0 Å². The van der Waals surface area contributed by atoms with E-state index < -0.39 is 26.6 Å². The molecule has 0 saturated heterocycles. The predicted molar refractivity (Wildman–Crippen MR) is 93.8 cm³/mol. The summed E-state index contributed by atoms with van der Waals surface area (Å²) in [5, 5.41) is 19.1. The SMILES string of the molecule is C[Si](C)(C)CCOCn1ccnc1-c1ccc(F)cc1C(O)CO. The van der Waals surface area contributed by atoms with Gasteiger partial charge in [0.1, 0.15) is 24.5 Å². The van der Waals surface area contributed by atoms with Crippen LogP contribution in [0.2, 0.25) is 25.7 Å². The van der Waals surface area contributed by atoms with E-state index in [-0.39, 0.29) is 0 Å². The molecule has 1 aromatic heterocycles. The molecular formula is C17H25FN2O3Si. The lowest BCUT2D eigenvalue weighted by Gasteiger charge is -2.17. The molecule has 0 spiro atoms. The number of hydrogen-bond acceptors (Lipinski definition) is 4. The fourth-order valence-electron chi connectivity index (χ4n) is 2.31. The molecule has 24 heavy (non-hydrogen) atoms. The van der Waals surface area contributed by atoms with E-state index >= 15 is 0 Å². The fraction of sp³-hybridized carbons (Fsp3) is 0.471. The Morgan fingerprint density at radius 3 is 2.75 bits per heavy atom. The summed E-state index contributed by atoms with van der Waals surface area (Å²) in [4.78, 5) is 4.30. The van der Waals surface area contributed by atoms with Crippen LogP contribution in [0.15, 0.2) is 30.6 Å². The molecule has 0 aliphatic carbocycles. The Bertz CT molecular complexity index is 670. The number of aromatic nitrogens is 2. The summed E-state index contributed by atoms with van der Waals surface area (Å²) < 4.78 is 21.1. The maximum absolute atomic E-state index is 13.5. The fourth-order valence-corrected chi connectivity index (χ4v) is 3.07. The van der Waals surface area contributed by atoms with Crippen molar-refractivity contribution in [2.24, 2.45) is 0 Å². The van der Waals surface area contributed by atoms with Crippen LogP contribution in [-0.2, 0) is 11.5 Å². The average Bonchev–Trinajstić information content (AvgIpc) is 2.98. The molecule has 1 atom stereocenters. The number of rotatable bonds is 8. The van der Waals surface area contributed by atoms with Gasteiger partial charge in [-0.15, -0.1) is 0 Å². The smallest absolute Gasteiger partial charge is 0.142 e. The van der Waals surface area contributed by atoms with Crippen molar-refractivity contribution in [2.45, 2.75) is 38.5 Å². The van der Waals surface area contributed by atoms with Gasteiger partial charge in [-0.3, -0.25) is 0 Å². The molecule has 2 rings (SSSR count). The second-order valence-electron chi connectivity index (χ2n) is 7.00. The van der Waals surface area contributed by atoms with Crippen LogP contribution >= 0.6 is 0 Å². The Balaban J connectivity index is 2.18. The number of aliphatic hydroxyl groups is 2. The maximum Gasteiger partial charge on any atom is 0.142 e. The summed E-state index contributed by atoms with van der Waals surface area (Å²) in [5.74, 6) is 0.108. The van der Waals surface area contributed by atoms with Crippen molar-refractivity contribution in [3.05, 3.63) is 42.0 Å². The minimum absolute atomic E-state index is 0.312. The van der Waals surface area contributed by atoms with Gasteiger partial charge in [0, 0.05) is 32.6 Å². The molecule has 0 aliphatic rings. The topological polar surface area (TPSA) is 67.5 Å². The third-order valence-electron chi connectivity index (χ3n) is 3.73. The highest BCUT2D eigenvalue weighted by Gasteiger charge is 2.18. The second kappa shape index (κ2) is 8.02. The van der Waals surface area contributed by atoms with E-state index in [0.717, 1.165) is 6.04 Å². The first-order chi connectivity index (χ1) is 11.3. The Labute approximate surface area is 142 Å². The van der Waals surface area contributed by atoms with Gasteiger partial charge in [0.15, 0.2) is 0 Å². The second-order valence-corrected chi connectivity index (χ2v) is 12.6. The van der Waals surface area contributed by atoms with Gasteiger partial charge in [0.2, 0.25) is 0 Å². The minimum atomic E-state index is -1.16. The van der Waals surface area contributed by atoms with Crippen molar-refractivity contribution in [1.29, 1.82) is 0 Å². The molecule has 7 heteroatoms. The molecule has 1 aromatic carbocycles. The van der Waals surface area contributed by atoms with Crippen LogP contribution in [-0.4, -0.2) is 41.1 Å². The lowest BCUT2D eigenvalue weighted by Crippen LogP contribution is -2.22. The van der Waals surface area contributed by atoms with Gasteiger partial charge in [0.05, 0.1) is 6.61 Å². The van der Waals surface area contributed by atoms with E-state index in [0.29, 0.717) is 30.3 Å². The van der Waals surface area contributed by atoms with Gasteiger partial charge in [-0.1, -0.05) is 19.6 Å². The van der Waals surface area contributed by atoms with Crippen molar-refractivity contribution >= 4 is 8.07 Å². The molecule has 1 unspecified atom stereocenters. The monoisotopic (exact) mass is 352 g/mol. The zero-order valence-electron chi connectivity index (χ0n) is 14.4. The van der Waals surface area contributed by atoms with Crippen LogP contribution in [0.25, 0.3) is 11.4 Å². The molecule has 0 fully saturated rings. The molecule has 132 valence electrons. The van der Waals surface area contributed by atoms with Gasteiger partial charge in [-0.05, 0) is 29.8 Å². The van der Waals surface area contributed by atoms with E-state index in [4.69, 9.17) is 4.74 Å². The van der Waals surface area contributed by atoms with E-state index in [9.17, 15) is 14.6 Å². The zero-order valence-corrected chi connectivity index (χ0v) is 15.4. The average molecular weight is 352 g/mol. The van der Waals surface area contributed by atoms with Gasteiger partial charge in [0.25, 0.3) is 0 Å². The number of nitrogens with zero attached hydrogens (tertiary/aromatic N) is 2. The highest BCUT2D eigenvalue weighted by atomic mass is 28.3. The van der Waals surface area contributed by atoms with Gasteiger partial charge in [-0.25, -0.2) is 9.37 Å². The standard InChI is InChI=1S/C17H25FN2O3Si/c1-24(2,3)9-8-23-12-20-7-6-19-17(20)14-5-4-13(18)10-15(14)16(22)11-21/h4-7,10,16,21-22H,8-9,11-12H2,1-3H3. The van der Waals surface area contributed by atoms with E-state index in [1.54, 1.807) is 18.5 Å². The largest absolute Gasteiger partial charge is 0.393 e. The van der Waals surface area contributed by atoms with Crippen molar-refractivity contribution in [1.82, 2.24) is 9.55 Å². The first-order valence-corrected chi connectivity index (χ1v) is 11.7. The number of ether oxygens (including phenoxy) is 1. The number of halogens is 1. The van der Waals surface area contributed by atoms with Crippen molar-refractivity contribution < 1.29 is 19.3 Å². The minimum Gasteiger partial charge on any atom is -0.393 e. The molecule has 0 saturated carbocycles. The molecule has 5 nitrogen and oxygen atoms in total. The third kappa shape index (κ3) is 4.97. The highest BCUT2D eigenvalue weighted by molar-refractivity contribution is 6.76. The molecule has 0 aliphatic heterocycles. The number of aliphatic hydroxyl groups excluding tert-OH is 2. The summed E-state index contributed by atoms with van der Waals surface area (Å²) in [6.07, 6.45) is 2.26. The van der Waals surface area contributed by atoms with Crippen LogP contribution in [0, 0.1) is 5.82 Å². The summed E-state index contributed by atoms with van der Waals surface area (Å²) >= 11 is 0. The first kappa shape index (κ1) is 18.8. The van der Waals surface area contributed by atoms with Gasteiger partial charge >= 0.3 is 0 Å². The Morgan fingerprint density at radius 2 is 2.08 bits per heavy atom. The molecule has 2 aromatic rings. The van der Waals surface area contributed by atoms with Crippen molar-refractivity contribution in [3.8, 4) is 11.4 Å². The maximum atomic E-state index is 13.5. The van der Waals surface area contributed by atoms with E-state index in [2.05, 4.69) is 24.6 Å². The van der Waals surface area contributed by atoms with Gasteiger partial charge < -0.3 is 19.5 Å². The Kier molecular flexibility index (Phi) is 6.28. The van der Waals surface area contributed by atoms with Crippen LogP contribution in [0.5, 0.6) is 0 Å². The quantitative estimate of drug-likeness (QED) is 0.566. The number of imidazole rings is 1. The van der Waals surface area contributed by atoms with Crippen LogP contribution in [0.3, 0.4) is 0 Å². The zero-order chi connectivity index (χ0) is 17.7. The first-order valence-electron chi connectivity index (χ1n) is 7.99. The Morgan fingerprint density at radius 1 is 1.33 bits per heavy atom. The predicted octanol–water partition coefficient (Wildman–Crippen LogP) is 3.03. The lowest BCUT2D eigenvalue weighted by molar-refractivity contribution is 0.0876. The third-order valence-corrected chi connectivity index (χ3v) is 5.43. The van der Waals surface area contributed by atoms with E-state index in [1.807, 2.05) is 4.57 Å². The molecule has 2 N–H and O–H groups in total. The Hall–Kier alpha value is -1.54. The summed E-state index contributed by atoms with van der Waals surface area (Å²) in [7, 11) is -1.14. The molecule has 0 bridgehead atoms. The van der Waals surface area contributed by atoms with Crippen LogP contribution < -0.4 is 0 Å². The van der Waals surface area contributed by atoms with E-state index in [1.165, 1.54) is 12.1 Å². The molecule has 0 amide bonds. The van der Waals surface area contributed by atoms with Crippen LogP contribution in [0.4, 0.5) is 4.39 Å². The number of benzene rings is 1. The molecule has 0 radical (unpaired) electrons. The molecular weight excluding hydrogens is 327 g/mol. The van der Waals surface area contributed by atoms with Gasteiger partial charge in [-0.2, -0.15) is 0 Å². The summed E-state index contributed by atoms with van der Waals surface area (Å²) in [5.41, 5.74) is 0.892. The number of hydrogen-bond donors (Lipinski definition) is 2. The normalized spacial score (nSPS) is 13.2.